The first-order valence-corrected chi connectivity index (χ1v) is 31.5. The van der Waals surface area contributed by atoms with Crippen LogP contribution in [0, 0.1) is 30.6 Å². The van der Waals surface area contributed by atoms with Crippen molar-refractivity contribution in [3.05, 3.63) is 35.4 Å². The van der Waals surface area contributed by atoms with E-state index in [1.54, 1.807) is 0 Å². The van der Waals surface area contributed by atoms with Gasteiger partial charge in [-0.1, -0.05) is 133 Å². The van der Waals surface area contributed by atoms with Gasteiger partial charge in [-0.05, 0) is 82.6 Å². The Morgan fingerprint density at radius 2 is 1.01 bits per heavy atom. The van der Waals surface area contributed by atoms with E-state index in [4.69, 9.17) is 29.8 Å². The molecule has 0 heterocycles. The molecule has 478 valence electrons. The van der Waals surface area contributed by atoms with Gasteiger partial charge in [0.1, 0.15) is 25.0 Å². The van der Waals surface area contributed by atoms with Crippen LogP contribution >= 0.6 is 0 Å². The molecule has 0 bridgehead atoms. The molecule has 1 aliphatic carbocycles. The molecule has 0 spiro atoms. The summed E-state index contributed by atoms with van der Waals surface area (Å²) in [5.41, 5.74) is 7.69. The lowest BCUT2D eigenvalue weighted by Crippen LogP contribution is -2.45. The number of carbonyl (C=O) groups is 9. The van der Waals surface area contributed by atoms with E-state index in [1.165, 1.54) is 64.2 Å². The summed E-state index contributed by atoms with van der Waals surface area (Å²) in [6.45, 7) is 6.14. The number of ketones is 1. The summed E-state index contributed by atoms with van der Waals surface area (Å²) >= 11 is 0. The van der Waals surface area contributed by atoms with Crippen LogP contribution in [0.4, 0.5) is 0 Å². The van der Waals surface area contributed by atoms with E-state index >= 15 is 0 Å². The van der Waals surface area contributed by atoms with Crippen LogP contribution < -0.4 is 32.3 Å². The number of benzene rings is 1. The maximum Gasteiger partial charge on any atom is 0.326 e. The molecule has 0 aliphatic heterocycles. The Bertz CT molecular complexity index is 2020. The minimum Gasteiger partial charge on any atom is -0.481 e. The molecular weight excluding hydrogens is 1080 g/mol. The minimum atomic E-state index is -1.21. The molecule has 3 atom stereocenters. The molecular formula is C63H106N6O15. The predicted molar refractivity (Wildman–Crippen MR) is 321 cm³/mol. The molecule has 0 aromatic heterocycles. The summed E-state index contributed by atoms with van der Waals surface area (Å²) < 4.78 is 21.6. The van der Waals surface area contributed by atoms with Gasteiger partial charge in [-0.15, -0.1) is 0 Å². The molecule has 1 aromatic rings. The number of carbonyl (C=O) groups excluding carboxylic acids is 7. The SMILES string of the molecule is Cc1ccc(C[C@H](CC(=O)[C@@H](C)CCCCNC(=O)COCCOCCNC(=O)COCCOCCNC(=O)CCC(NC(=O)C2CCC(CNC(=O)CCCCCCCCCCCCCCCCCCC(=O)O)CC2)C(=O)O)C(N)=O)cc1. The van der Waals surface area contributed by atoms with Crippen molar-refractivity contribution in [2.45, 2.75) is 206 Å². The zero-order chi connectivity index (χ0) is 61.4. The van der Waals surface area contributed by atoms with Crippen molar-refractivity contribution in [2.24, 2.45) is 29.4 Å². The van der Waals surface area contributed by atoms with Gasteiger partial charge in [0.2, 0.25) is 35.4 Å². The first kappa shape index (κ1) is 74.6. The van der Waals surface area contributed by atoms with Gasteiger partial charge in [-0.25, -0.2) is 4.79 Å². The Kier molecular flexibility index (Phi) is 43.2. The van der Waals surface area contributed by atoms with Gasteiger partial charge in [0, 0.05) is 69.6 Å². The number of rotatable bonds is 54. The maximum atomic E-state index is 13.0. The van der Waals surface area contributed by atoms with Crippen LogP contribution in [0.5, 0.6) is 0 Å². The maximum absolute atomic E-state index is 13.0. The number of Topliss-reactive ketones (excluding diaryl/α,β-unsaturated/α-hetero) is 1. The first-order valence-electron chi connectivity index (χ1n) is 31.5. The molecule has 1 unspecified atom stereocenters. The highest BCUT2D eigenvalue weighted by Crippen LogP contribution is 2.29. The topological polar surface area (TPSA) is 317 Å². The van der Waals surface area contributed by atoms with E-state index in [-0.39, 0.29) is 145 Å². The predicted octanol–water partition coefficient (Wildman–Crippen LogP) is 7.20. The van der Waals surface area contributed by atoms with Crippen LogP contribution in [0.3, 0.4) is 0 Å². The van der Waals surface area contributed by atoms with Gasteiger partial charge in [0.05, 0.1) is 39.6 Å². The number of ether oxygens (including phenoxy) is 4. The standard InChI is InChI=1S/C63H106N6O15/c1-48-24-26-50(27-25-48)43-53(61(64)77)44-55(70)49(2)21-19-20-34-65-58(73)46-83-41-40-82-38-36-67-59(74)47-84-42-39-81-37-35-66-57(72)33-32-54(63(79)80)69-62(78)52-30-28-51(29-31-52)45-68-56(71)22-17-15-13-11-9-7-5-3-4-6-8-10-12-14-16-18-23-60(75)76/h24-27,49,51-54H,3-23,28-47H2,1-2H3,(H2,64,77)(H,65,73)(H,66,72)(H,67,74)(H,68,71)(H,69,78)(H,75,76)(H,79,80)/t49-,51?,52?,53+,54?/m0/s1. The summed E-state index contributed by atoms with van der Waals surface area (Å²) in [4.78, 5) is 109. The Morgan fingerprint density at radius 3 is 1.52 bits per heavy atom. The zero-order valence-corrected chi connectivity index (χ0v) is 51.0. The summed E-state index contributed by atoms with van der Waals surface area (Å²) in [6.07, 6.45) is 24.7. The number of hydrogen-bond donors (Lipinski definition) is 8. The number of amides is 6. The van der Waals surface area contributed by atoms with Crippen molar-refractivity contribution < 1.29 is 72.3 Å². The van der Waals surface area contributed by atoms with E-state index in [1.807, 2.05) is 38.1 Å². The van der Waals surface area contributed by atoms with Crippen LogP contribution in [-0.4, -0.2) is 148 Å². The highest BCUT2D eigenvalue weighted by Gasteiger charge is 2.30. The van der Waals surface area contributed by atoms with Crippen LogP contribution in [0.1, 0.15) is 198 Å². The molecule has 21 nitrogen and oxygen atoms in total. The second-order valence-electron chi connectivity index (χ2n) is 22.7. The second-order valence-corrected chi connectivity index (χ2v) is 22.7. The lowest BCUT2D eigenvalue weighted by atomic mass is 9.81. The monoisotopic (exact) mass is 1190 g/mol. The molecule has 84 heavy (non-hydrogen) atoms. The summed E-state index contributed by atoms with van der Waals surface area (Å²) in [5.74, 6) is -4.43. The number of nitrogens with one attached hydrogen (secondary N) is 5. The number of nitrogens with two attached hydrogens (primary N) is 1. The smallest absolute Gasteiger partial charge is 0.326 e. The Balaban J connectivity index is 1.36. The normalized spacial score (nSPS) is 15.1. The highest BCUT2D eigenvalue weighted by atomic mass is 16.5. The first-order chi connectivity index (χ1) is 40.5. The third kappa shape index (κ3) is 40.7. The van der Waals surface area contributed by atoms with Crippen LogP contribution in [0.2, 0.25) is 0 Å². The Labute approximate surface area is 500 Å². The van der Waals surface area contributed by atoms with Crippen LogP contribution in [0.15, 0.2) is 24.3 Å². The number of aliphatic carboxylic acids is 2. The van der Waals surface area contributed by atoms with E-state index in [0.29, 0.717) is 51.6 Å². The van der Waals surface area contributed by atoms with E-state index < -0.39 is 29.8 Å². The second kappa shape index (κ2) is 48.7. The third-order valence-electron chi connectivity index (χ3n) is 15.4. The van der Waals surface area contributed by atoms with Gasteiger partial charge < -0.3 is 61.5 Å². The summed E-state index contributed by atoms with van der Waals surface area (Å²) in [7, 11) is 0. The number of hydrogen-bond acceptors (Lipinski definition) is 13. The van der Waals surface area contributed by atoms with E-state index in [9.17, 15) is 48.3 Å². The van der Waals surface area contributed by atoms with Gasteiger partial charge in [-0.2, -0.15) is 0 Å². The average Bonchev–Trinajstić information content (AvgIpc) is 3.67. The van der Waals surface area contributed by atoms with Crippen molar-refractivity contribution in [3.8, 4) is 0 Å². The van der Waals surface area contributed by atoms with Gasteiger partial charge in [-0.3, -0.25) is 38.4 Å². The number of carboxylic acids is 2. The number of aryl methyl sites for hydroxylation is 1. The highest BCUT2D eigenvalue weighted by molar-refractivity contribution is 5.87. The molecule has 9 N–H and O–H groups in total. The van der Waals surface area contributed by atoms with Gasteiger partial charge >= 0.3 is 11.9 Å². The average molecular weight is 1190 g/mol. The number of unbranched alkanes of at least 4 members (excludes halogenated alkanes) is 16. The fourth-order valence-electron chi connectivity index (χ4n) is 10.0. The lowest BCUT2D eigenvalue weighted by Gasteiger charge is -2.28. The summed E-state index contributed by atoms with van der Waals surface area (Å²) in [6, 6.07) is 6.63. The fourth-order valence-corrected chi connectivity index (χ4v) is 10.0. The van der Waals surface area contributed by atoms with Crippen LogP contribution in [0.25, 0.3) is 0 Å². The quantitative estimate of drug-likeness (QED) is 0.0299. The molecule has 0 saturated heterocycles. The van der Waals surface area contributed by atoms with E-state index in [0.717, 1.165) is 68.9 Å². The van der Waals surface area contributed by atoms with Gasteiger partial charge in [0.25, 0.3) is 0 Å². The molecule has 0 radical (unpaired) electrons. The van der Waals surface area contributed by atoms with Crippen molar-refractivity contribution in [3.63, 3.8) is 0 Å². The molecule has 1 saturated carbocycles. The van der Waals surface area contributed by atoms with Crippen molar-refractivity contribution in [2.75, 3.05) is 79.0 Å². The van der Waals surface area contributed by atoms with Crippen molar-refractivity contribution >= 4 is 53.2 Å². The molecule has 1 aliphatic rings. The van der Waals surface area contributed by atoms with Crippen molar-refractivity contribution in [1.29, 1.82) is 0 Å². The number of carboxylic acid groups (broad SMARTS) is 2. The lowest BCUT2D eigenvalue weighted by molar-refractivity contribution is -0.143. The molecule has 21 heteroatoms. The Hall–Kier alpha value is -5.51. The number of primary amides is 1. The molecule has 6 amide bonds. The largest absolute Gasteiger partial charge is 0.481 e. The zero-order valence-electron chi connectivity index (χ0n) is 51.0. The molecule has 1 aromatic carbocycles. The molecule has 1 fully saturated rings. The van der Waals surface area contributed by atoms with Crippen LogP contribution in [-0.2, 0) is 68.5 Å². The minimum absolute atomic E-state index is 0.00526. The summed E-state index contributed by atoms with van der Waals surface area (Å²) in [5, 5.41) is 32.3. The fraction of sp³-hybridized carbons (Fsp3) is 0.762. The Morgan fingerprint density at radius 1 is 0.536 bits per heavy atom. The van der Waals surface area contributed by atoms with Crippen molar-refractivity contribution in [1.82, 2.24) is 26.6 Å². The van der Waals surface area contributed by atoms with Gasteiger partial charge in [0.15, 0.2) is 0 Å². The third-order valence-corrected chi connectivity index (χ3v) is 15.4. The van der Waals surface area contributed by atoms with E-state index in [2.05, 4.69) is 26.6 Å². The molecule has 2 rings (SSSR count).